The van der Waals surface area contributed by atoms with Crippen LogP contribution in [0.2, 0.25) is 0 Å². The van der Waals surface area contributed by atoms with Crippen molar-refractivity contribution < 1.29 is 14.4 Å². The number of carbonyl (C=O) groups is 3. The smallest absolute Gasteiger partial charge is 0.243 e. The summed E-state index contributed by atoms with van der Waals surface area (Å²) in [5.41, 5.74) is 1.94. The van der Waals surface area contributed by atoms with Crippen LogP contribution >= 0.6 is 0 Å². The lowest BCUT2D eigenvalue weighted by Crippen LogP contribution is -2.51. The zero-order valence-electron chi connectivity index (χ0n) is 20.6. The summed E-state index contributed by atoms with van der Waals surface area (Å²) in [6.45, 7) is 8.64. The summed E-state index contributed by atoms with van der Waals surface area (Å²) >= 11 is 0. The number of hydrogen-bond acceptors (Lipinski definition) is 5. The molecule has 1 N–H and O–H groups in total. The van der Waals surface area contributed by atoms with Crippen molar-refractivity contribution in [2.24, 2.45) is 5.92 Å². The fourth-order valence-electron chi connectivity index (χ4n) is 4.40. The van der Waals surface area contributed by atoms with Gasteiger partial charge >= 0.3 is 0 Å². The third-order valence-electron chi connectivity index (χ3n) is 6.32. The summed E-state index contributed by atoms with van der Waals surface area (Å²) in [6, 6.07) is 15.6. The number of amides is 2. The molecule has 7 nitrogen and oxygen atoms in total. The molecule has 7 heteroatoms. The van der Waals surface area contributed by atoms with E-state index in [1.807, 2.05) is 60.4 Å². The van der Waals surface area contributed by atoms with E-state index in [4.69, 9.17) is 0 Å². The van der Waals surface area contributed by atoms with E-state index in [-0.39, 0.29) is 29.9 Å². The van der Waals surface area contributed by atoms with Crippen LogP contribution in [0.4, 0.5) is 5.82 Å². The molecule has 1 aliphatic heterocycles. The number of carbonyl (C=O) groups excluding carboxylic acids is 3. The average Bonchev–Trinajstić information content (AvgIpc) is 2.88. The Morgan fingerprint density at radius 2 is 1.77 bits per heavy atom. The number of nitrogens with one attached hydrogen (secondary N) is 1. The Kier molecular flexibility index (Phi) is 10.0. The normalized spacial score (nSPS) is 14.3. The van der Waals surface area contributed by atoms with Gasteiger partial charge in [0.05, 0.1) is 0 Å². The van der Waals surface area contributed by atoms with Gasteiger partial charge in [0, 0.05) is 57.2 Å². The van der Waals surface area contributed by atoms with Gasteiger partial charge in [-0.05, 0) is 43.5 Å². The van der Waals surface area contributed by atoms with E-state index in [1.165, 1.54) is 6.08 Å². The molecular formula is C28H36N4O3. The molecule has 35 heavy (non-hydrogen) atoms. The highest BCUT2D eigenvalue weighted by atomic mass is 16.2. The number of aryl methyl sites for hydroxylation is 1. The minimum absolute atomic E-state index is 0.0541. The van der Waals surface area contributed by atoms with Gasteiger partial charge in [-0.15, -0.1) is 0 Å². The topological polar surface area (TPSA) is 82.6 Å². The van der Waals surface area contributed by atoms with E-state index in [0.717, 1.165) is 43.0 Å². The average molecular weight is 477 g/mol. The Labute approximate surface area is 208 Å². The molecule has 1 aromatic heterocycles. The number of hydrogen-bond donors (Lipinski definition) is 1. The summed E-state index contributed by atoms with van der Waals surface area (Å²) in [6.07, 6.45) is 3.98. The third-order valence-corrected chi connectivity index (χ3v) is 6.32. The first-order valence-corrected chi connectivity index (χ1v) is 12.4. The summed E-state index contributed by atoms with van der Waals surface area (Å²) in [4.78, 5) is 46.3. The molecule has 3 rings (SSSR count). The van der Waals surface area contributed by atoms with Crippen LogP contribution in [0.25, 0.3) is 0 Å². The number of Topliss-reactive ketones (excluding diaryl/α,β-unsaturated/α-hetero) is 1. The summed E-state index contributed by atoms with van der Waals surface area (Å²) < 4.78 is 0. The predicted octanol–water partition coefficient (Wildman–Crippen LogP) is 3.33. The second-order valence-corrected chi connectivity index (χ2v) is 9.04. The summed E-state index contributed by atoms with van der Waals surface area (Å²) in [7, 11) is 0. The van der Waals surface area contributed by atoms with Gasteiger partial charge in [-0.3, -0.25) is 14.4 Å². The lowest BCUT2D eigenvalue weighted by molar-refractivity contribution is -0.138. The number of pyridine rings is 1. The summed E-state index contributed by atoms with van der Waals surface area (Å²) in [5, 5.41) is 2.77. The molecular weight excluding hydrogens is 440 g/mol. The molecule has 0 unspecified atom stereocenters. The SMILES string of the molecule is C=CC(=O)NCCCC[C@H](CC(=O)Cc1ccccc1)C(=O)N1CCN(c2cccc(C)n2)CC1. The van der Waals surface area contributed by atoms with Crippen LogP contribution in [0.5, 0.6) is 0 Å². The van der Waals surface area contributed by atoms with Gasteiger partial charge in [-0.2, -0.15) is 0 Å². The molecule has 1 aromatic carbocycles. The van der Waals surface area contributed by atoms with Crippen molar-refractivity contribution in [2.45, 2.75) is 39.0 Å². The number of unbranched alkanes of at least 4 members (excludes halogenated alkanes) is 1. The standard InChI is InChI=1S/C28H36N4O3/c1-3-27(34)29-15-8-7-13-24(21-25(33)20-23-11-5-4-6-12-23)28(35)32-18-16-31(17-19-32)26-14-9-10-22(2)30-26/h3-6,9-12,14,24H,1,7-8,13,15-21H2,2H3,(H,29,34)/t24-/m1/s1. The van der Waals surface area contributed by atoms with Crippen LogP contribution in [0.1, 0.15) is 36.9 Å². The Hall–Kier alpha value is -3.48. The quantitative estimate of drug-likeness (QED) is 0.375. The molecule has 0 bridgehead atoms. The van der Waals surface area contributed by atoms with Gasteiger partial charge in [0.1, 0.15) is 11.6 Å². The van der Waals surface area contributed by atoms with E-state index in [0.29, 0.717) is 32.5 Å². The molecule has 186 valence electrons. The number of anilines is 1. The van der Waals surface area contributed by atoms with Gasteiger partial charge in [-0.25, -0.2) is 4.98 Å². The first-order valence-electron chi connectivity index (χ1n) is 12.4. The Morgan fingerprint density at radius 1 is 1.03 bits per heavy atom. The Morgan fingerprint density at radius 3 is 2.46 bits per heavy atom. The largest absolute Gasteiger partial charge is 0.353 e. The molecule has 1 atom stereocenters. The first kappa shape index (κ1) is 26.1. The minimum Gasteiger partial charge on any atom is -0.353 e. The maximum Gasteiger partial charge on any atom is 0.243 e. The number of ketones is 1. The molecule has 2 heterocycles. The second-order valence-electron chi connectivity index (χ2n) is 9.04. The van der Waals surface area contributed by atoms with E-state index in [2.05, 4.69) is 21.8 Å². The zero-order chi connectivity index (χ0) is 25.0. The van der Waals surface area contributed by atoms with Crippen molar-refractivity contribution in [3.8, 4) is 0 Å². The lowest BCUT2D eigenvalue weighted by atomic mass is 9.92. The predicted molar refractivity (Wildman–Crippen MR) is 138 cm³/mol. The molecule has 0 spiro atoms. The molecule has 2 amide bonds. The van der Waals surface area contributed by atoms with Crippen LogP contribution < -0.4 is 10.2 Å². The fraction of sp³-hybridized carbons (Fsp3) is 0.429. The number of piperazine rings is 1. The molecule has 0 saturated carbocycles. The fourth-order valence-corrected chi connectivity index (χ4v) is 4.40. The van der Waals surface area contributed by atoms with Crippen LogP contribution in [0, 0.1) is 12.8 Å². The molecule has 1 saturated heterocycles. The van der Waals surface area contributed by atoms with E-state index >= 15 is 0 Å². The molecule has 1 aliphatic rings. The zero-order valence-corrected chi connectivity index (χ0v) is 20.6. The van der Waals surface area contributed by atoms with Crippen LogP contribution in [0.15, 0.2) is 61.2 Å². The van der Waals surface area contributed by atoms with Crippen LogP contribution in [0.3, 0.4) is 0 Å². The lowest BCUT2D eigenvalue weighted by Gasteiger charge is -2.37. The number of rotatable bonds is 12. The minimum atomic E-state index is -0.343. The monoisotopic (exact) mass is 476 g/mol. The van der Waals surface area contributed by atoms with Crippen molar-refractivity contribution in [1.29, 1.82) is 0 Å². The molecule has 2 aromatic rings. The van der Waals surface area contributed by atoms with E-state index in [1.54, 1.807) is 0 Å². The highest BCUT2D eigenvalue weighted by Crippen LogP contribution is 2.21. The van der Waals surface area contributed by atoms with Crippen molar-refractivity contribution in [3.05, 3.63) is 72.4 Å². The highest BCUT2D eigenvalue weighted by molar-refractivity contribution is 5.88. The van der Waals surface area contributed by atoms with E-state index < -0.39 is 0 Å². The van der Waals surface area contributed by atoms with Gasteiger partial charge in [0.15, 0.2) is 0 Å². The maximum atomic E-state index is 13.5. The van der Waals surface area contributed by atoms with Gasteiger partial charge in [0.2, 0.25) is 11.8 Å². The van der Waals surface area contributed by atoms with Crippen molar-refractivity contribution in [2.75, 3.05) is 37.6 Å². The highest BCUT2D eigenvalue weighted by Gasteiger charge is 2.29. The summed E-state index contributed by atoms with van der Waals surface area (Å²) in [5.74, 6) is 0.533. The third kappa shape index (κ3) is 8.35. The van der Waals surface area contributed by atoms with Crippen molar-refractivity contribution in [3.63, 3.8) is 0 Å². The van der Waals surface area contributed by atoms with E-state index in [9.17, 15) is 14.4 Å². The maximum absolute atomic E-state index is 13.5. The second kappa shape index (κ2) is 13.4. The number of aromatic nitrogens is 1. The molecule has 0 aliphatic carbocycles. The number of nitrogens with zero attached hydrogens (tertiary/aromatic N) is 3. The van der Waals surface area contributed by atoms with Crippen molar-refractivity contribution >= 4 is 23.4 Å². The van der Waals surface area contributed by atoms with Crippen molar-refractivity contribution in [1.82, 2.24) is 15.2 Å². The Bertz CT molecular complexity index is 1000. The van der Waals surface area contributed by atoms with Gasteiger partial charge in [0.25, 0.3) is 0 Å². The van der Waals surface area contributed by atoms with Gasteiger partial charge < -0.3 is 15.1 Å². The molecule has 0 radical (unpaired) electrons. The van der Waals surface area contributed by atoms with Crippen LogP contribution in [-0.4, -0.2) is 60.2 Å². The number of benzene rings is 1. The molecule has 1 fully saturated rings. The Balaban J connectivity index is 1.57. The van der Waals surface area contributed by atoms with Gasteiger partial charge in [-0.1, -0.05) is 49.4 Å². The first-order chi connectivity index (χ1) is 17.0. The van der Waals surface area contributed by atoms with Crippen LogP contribution in [-0.2, 0) is 20.8 Å².